The molecule has 5 nitrogen and oxygen atoms in total. The zero-order valence-corrected chi connectivity index (χ0v) is 37.4. The molecule has 4 heterocycles. The summed E-state index contributed by atoms with van der Waals surface area (Å²) in [5.41, 5.74) is 18.1. The van der Waals surface area contributed by atoms with Crippen molar-refractivity contribution >= 4 is 87.2 Å². The van der Waals surface area contributed by atoms with Gasteiger partial charge in [0.1, 0.15) is 5.69 Å². The van der Waals surface area contributed by atoms with Crippen molar-refractivity contribution < 1.29 is 0 Å². The lowest BCUT2D eigenvalue weighted by Crippen LogP contribution is -2.14. The lowest BCUT2D eigenvalue weighted by Gasteiger charge is -2.21. The third-order valence-electron chi connectivity index (χ3n) is 15.0. The molecule has 4 aromatic heterocycles. The van der Waals surface area contributed by atoms with Crippen LogP contribution in [0.3, 0.4) is 0 Å². The van der Waals surface area contributed by atoms with Crippen LogP contribution in [0.1, 0.15) is 25.0 Å². The molecule has 10 aromatic carbocycles. The normalized spacial score (nSPS) is 13.3. The van der Waals surface area contributed by atoms with Gasteiger partial charge in [0.25, 0.3) is 0 Å². The maximum Gasteiger partial charge on any atom is 0.165 e. The zero-order valence-electron chi connectivity index (χ0n) is 37.4. The van der Waals surface area contributed by atoms with Gasteiger partial charge in [-0.15, -0.1) is 0 Å². The topological polar surface area (TPSA) is 40.6 Å². The van der Waals surface area contributed by atoms with Crippen molar-refractivity contribution in [2.75, 3.05) is 0 Å². The van der Waals surface area contributed by atoms with Gasteiger partial charge in [-0.1, -0.05) is 153 Å². The number of aromatic nitrogens is 5. The van der Waals surface area contributed by atoms with Crippen LogP contribution in [-0.2, 0) is 5.41 Å². The van der Waals surface area contributed by atoms with Gasteiger partial charge < -0.3 is 9.13 Å². The van der Waals surface area contributed by atoms with E-state index in [2.05, 4.69) is 228 Å². The number of fused-ring (bicyclic) bond motifs is 15. The van der Waals surface area contributed by atoms with Crippen molar-refractivity contribution in [1.29, 1.82) is 0 Å². The molecule has 68 heavy (non-hydrogen) atoms. The lowest BCUT2D eigenvalue weighted by molar-refractivity contribution is 0.660. The molecule has 0 atom stereocenters. The van der Waals surface area contributed by atoms with E-state index in [1.807, 2.05) is 12.1 Å². The van der Waals surface area contributed by atoms with E-state index in [0.29, 0.717) is 0 Å². The summed E-state index contributed by atoms with van der Waals surface area (Å²) in [5.74, 6) is 0.803. The summed E-state index contributed by atoms with van der Waals surface area (Å²) in [5, 5.41) is 9.67. The number of para-hydroxylation sites is 5. The van der Waals surface area contributed by atoms with Crippen molar-refractivity contribution in [1.82, 2.24) is 23.7 Å². The molecule has 0 spiro atoms. The van der Waals surface area contributed by atoms with Gasteiger partial charge in [0.15, 0.2) is 5.82 Å². The van der Waals surface area contributed by atoms with Gasteiger partial charge in [0.2, 0.25) is 0 Å². The lowest BCUT2D eigenvalue weighted by atomic mass is 9.82. The van der Waals surface area contributed by atoms with E-state index in [4.69, 9.17) is 9.97 Å². The average molecular weight is 868 g/mol. The minimum Gasteiger partial charge on any atom is -0.309 e. The van der Waals surface area contributed by atoms with Crippen LogP contribution in [0, 0.1) is 0 Å². The SMILES string of the molecule is CC1(C)c2ccccc2-c2cc(-n3c4ccccc4c4c5c6ccccc6n(-c6ccc7c8ccccc8n(-c8nc9ccccc9nc8-c8ccc9ccccc9c8)c7c6)c5ccc43)ccc21. The Kier molecular flexibility index (Phi) is 7.50. The molecule has 15 rings (SSSR count). The molecule has 0 saturated carbocycles. The third-order valence-corrected chi connectivity index (χ3v) is 15.0. The molecular weight excluding hydrogens is 827 g/mol. The first kappa shape index (κ1) is 37.4. The highest BCUT2D eigenvalue weighted by Crippen LogP contribution is 2.50. The number of benzene rings is 10. The highest BCUT2D eigenvalue weighted by molar-refractivity contribution is 6.29. The van der Waals surface area contributed by atoms with E-state index in [0.717, 1.165) is 61.2 Å². The molecule has 318 valence electrons. The first-order valence-electron chi connectivity index (χ1n) is 23.5. The Morgan fingerprint density at radius 2 is 0.897 bits per heavy atom. The molecule has 0 aliphatic heterocycles. The van der Waals surface area contributed by atoms with Crippen molar-refractivity contribution in [2.24, 2.45) is 0 Å². The number of nitrogens with zero attached hydrogens (tertiary/aromatic N) is 5. The van der Waals surface area contributed by atoms with Crippen molar-refractivity contribution in [3.05, 3.63) is 223 Å². The summed E-state index contributed by atoms with van der Waals surface area (Å²) in [7, 11) is 0. The van der Waals surface area contributed by atoms with Crippen molar-refractivity contribution in [2.45, 2.75) is 19.3 Å². The van der Waals surface area contributed by atoms with Crippen LogP contribution in [0.4, 0.5) is 0 Å². The molecule has 14 aromatic rings. The number of rotatable bonds is 4. The Labute approximate surface area is 391 Å². The highest BCUT2D eigenvalue weighted by Gasteiger charge is 2.35. The van der Waals surface area contributed by atoms with Gasteiger partial charge in [-0.05, 0) is 106 Å². The first-order valence-corrected chi connectivity index (χ1v) is 23.5. The Hall–Kier alpha value is -8.80. The Bertz CT molecular complexity index is 4480. The van der Waals surface area contributed by atoms with Crippen LogP contribution in [0.5, 0.6) is 0 Å². The maximum atomic E-state index is 5.49. The van der Waals surface area contributed by atoms with E-state index in [1.54, 1.807) is 0 Å². The first-order chi connectivity index (χ1) is 33.5. The van der Waals surface area contributed by atoms with E-state index < -0.39 is 0 Å². The molecule has 0 N–H and O–H groups in total. The smallest absolute Gasteiger partial charge is 0.165 e. The van der Waals surface area contributed by atoms with Crippen LogP contribution in [0.2, 0.25) is 0 Å². The zero-order chi connectivity index (χ0) is 44.8. The molecule has 1 aliphatic carbocycles. The van der Waals surface area contributed by atoms with E-state index in [-0.39, 0.29) is 5.41 Å². The summed E-state index contributed by atoms with van der Waals surface area (Å²) in [6, 6.07) is 77.5. The Morgan fingerprint density at radius 1 is 0.353 bits per heavy atom. The third kappa shape index (κ3) is 5.05. The van der Waals surface area contributed by atoms with Gasteiger partial charge in [-0.3, -0.25) is 4.57 Å². The second-order valence-electron chi connectivity index (χ2n) is 19.0. The fourth-order valence-electron chi connectivity index (χ4n) is 11.9. The summed E-state index contributed by atoms with van der Waals surface area (Å²) in [6.45, 7) is 4.70. The highest BCUT2D eigenvalue weighted by atomic mass is 15.1. The van der Waals surface area contributed by atoms with Gasteiger partial charge in [-0.25, -0.2) is 9.97 Å². The molecule has 0 bridgehead atoms. The second-order valence-corrected chi connectivity index (χ2v) is 19.0. The predicted octanol–water partition coefficient (Wildman–Crippen LogP) is 16.0. The molecule has 0 radical (unpaired) electrons. The summed E-state index contributed by atoms with van der Waals surface area (Å²) >= 11 is 0. The molecule has 1 aliphatic rings. The van der Waals surface area contributed by atoms with Crippen LogP contribution < -0.4 is 0 Å². The average Bonchev–Trinajstić information content (AvgIpc) is 4.08. The monoisotopic (exact) mass is 867 g/mol. The number of hydrogen-bond acceptors (Lipinski definition) is 2. The minimum atomic E-state index is -0.0565. The molecule has 0 amide bonds. The fourth-order valence-corrected chi connectivity index (χ4v) is 11.9. The van der Waals surface area contributed by atoms with Crippen LogP contribution in [0.25, 0.3) is 127 Å². The fraction of sp³-hybridized carbons (Fsp3) is 0.0476. The largest absolute Gasteiger partial charge is 0.309 e. The van der Waals surface area contributed by atoms with Crippen LogP contribution in [-0.4, -0.2) is 23.7 Å². The van der Waals surface area contributed by atoms with Crippen LogP contribution in [0.15, 0.2) is 212 Å². The Balaban J connectivity index is 0.990. The van der Waals surface area contributed by atoms with Crippen LogP contribution >= 0.6 is 0 Å². The second kappa shape index (κ2) is 13.6. The Morgan fingerprint density at radius 3 is 1.63 bits per heavy atom. The van der Waals surface area contributed by atoms with E-state index in [9.17, 15) is 0 Å². The summed E-state index contributed by atoms with van der Waals surface area (Å²) in [6.07, 6.45) is 0. The maximum absolute atomic E-state index is 5.49. The summed E-state index contributed by atoms with van der Waals surface area (Å²) < 4.78 is 7.28. The molecule has 5 heteroatoms. The van der Waals surface area contributed by atoms with Gasteiger partial charge in [0.05, 0.1) is 44.1 Å². The van der Waals surface area contributed by atoms with E-state index >= 15 is 0 Å². The molecular formula is C63H41N5. The predicted molar refractivity (Wildman–Crippen MR) is 283 cm³/mol. The quantitative estimate of drug-likeness (QED) is 0.177. The van der Waals surface area contributed by atoms with E-state index in [1.165, 1.54) is 76.7 Å². The molecule has 0 unspecified atom stereocenters. The standard InChI is InChI=1S/C63H41N5/c1-63(2)49-21-9-5-17-43(49)48-36-41(30-32-50(48)63)66-54-25-13-7-19-46(54)59-56(66)33-34-57-60(59)47-20-8-14-26-55(47)67(57)42-29-31-45-44-18-6-12-24-53(44)68(58(45)37-42)62-61(64-51-22-10-11-23-52(51)65-62)40-28-27-38-15-3-4-16-39(38)35-40/h3-37H,1-2H3. The molecule has 0 saturated heterocycles. The van der Waals surface area contributed by atoms with Gasteiger partial charge >= 0.3 is 0 Å². The van der Waals surface area contributed by atoms with Crippen molar-refractivity contribution in [3.8, 4) is 39.6 Å². The van der Waals surface area contributed by atoms with Crippen molar-refractivity contribution in [3.63, 3.8) is 0 Å². The minimum absolute atomic E-state index is 0.0565. The van der Waals surface area contributed by atoms with Gasteiger partial charge in [0, 0.05) is 54.7 Å². The van der Waals surface area contributed by atoms with Gasteiger partial charge in [-0.2, -0.15) is 0 Å². The molecule has 0 fully saturated rings. The summed E-state index contributed by atoms with van der Waals surface area (Å²) in [4.78, 5) is 10.9. The number of hydrogen-bond donors (Lipinski definition) is 0.